The van der Waals surface area contributed by atoms with Gasteiger partial charge in [-0.2, -0.15) is 4.52 Å². The Kier molecular flexibility index (Phi) is 4.18. The van der Waals surface area contributed by atoms with Gasteiger partial charge < -0.3 is 10.1 Å². The van der Waals surface area contributed by atoms with Crippen LogP contribution in [0.25, 0.3) is 5.65 Å². The molecule has 0 fully saturated rings. The van der Waals surface area contributed by atoms with E-state index in [0.29, 0.717) is 6.61 Å². The number of rotatable bonds is 6. The van der Waals surface area contributed by atoms with E-state index in [1.165, 1.54) is 5.56 Å². The number of benzene rings is 1. The van der Waals surface area contributed by atoms with Crippen LogP contribution in [0.15, 0.2) is 36.4 Å². The van der Waals surface area contributed by atoms with Crippen molar-refractivity contribution in [3.63, 3.8) is 0 Å². The van der Waals surface area contributed by atoms with Crippen LogP contribution >= 0.6 is 0 Å². The molecule has 0 amide bonds. The van der Waals surface area contributed by atoms with E-state index < -0.39 is 0 Å². The number of hydrogen-bond acceptors (Lipinski definition) is 5. The molecular weight excluding hydrogens is 278 g/mol. The van der Waals surface area contributed by atoms with Crippen LogP contribution in [-0.2, 0) is 6.42 Å². The van der Waals surface area contributed by atoms with E-state index in [1.807, 2.05) is 44.2 Å². The smallest absolute Gasteiger partial charge is 0.178 e. The molecule has 6 heteroatoms. The normalized spacial score (nSPS) is 10.8. The van der Waals surface area contributed by atoms with Gasteiger partial charge in [0, 0.05) is 6.54 Å². The van der Waals surface area contributed by atoms with Crippen molar-refractivity contribution in [3.05, 3.63) is 47.8 Å². The highest BCUT2D eigenvalue weighted by atomic mass is 16.5. The first-order valence-corrected chi connectivity index (χ1v) is 7.41. The molecule has 2 heterocycles. The number of ether oxygens (including phenoxy) is 1. The molecule has 0 radical (unpaired) electrons. The van der Waals surface area contributed by atoms with Gasteiger partial charge in [-0.25, -0.2) is 0 Å². The van der Waals surface area contributed by atoms with E-state index in [2.05, 4.69) is 26.7 Å². The summed E-state index contributed by atoms with van der Waals surface area (Å²) in [4.78, 5) is 0. The number of hydrogen-bond donors (Lipinski definition) is 1. The SMILES string of the molecule is CCOc1ccccc1CCNc1ccc2nnc(C)n2n1. The molecule has 1 N–H and O–H groups in total. The lowest BCUT2D eigenvalue weighted by Crippen LogP contribution is -2.09. The zero-order chi connectivity index (χ0) is 15.4. The number of nitrogens with zero attached hydrogens (tertiary/aromatic N) is 4. The van der Waals surface area contributed by atoms with E-state index in [1.54, 1.807) is 4.52 Å². The number of para-hydroxylation sites is 1. The van der Waals surface area contributed by atoms with Crippen LogP contribution in [0.2, 0.25) is 0 Å². The summed E-state index contributed by atoms with van der Waals surface area (Å²) in [6.07, 6.45) is 0.872. The van der Waals surface area contributed by atoms with Crippen molar-refractivity contribution in [1.29, 1.82) is 0 Å². The number of aromatic nitrogens is 4. The third-order valence-corrected chi connectivity index (χ3v) is 3.39. The maximum atomic E-state index is 5.64. The first-order valence-electron chi connectivity index (χ1n) is 7.41. The molecular formula is C16H19N5O. The standard InChI is InChI=1S/C16H19N5O/c1-3-22-14-7-5-4-6-13(14)10-11-17-15-8-9-16-19-18-12(2)21(16)20-15/h4-9H,3,10-11H2,1-2H3,(H,17,20). The quantitative estimate of drug-likeness (QED) is 0.757. The molecule has 0 bridgehead atoms. The van der Waals surface area contributed by atoms with Crippen molar-refractivity contribution in [2.45, 2.75) is 20.3 Å². The highest BCUT2D eigenvalue weighted by molar-refractivity contribution is 5.44. The van der Waals surface area contributed by atoms with Crippen LogP contribution in [-0.4, -0.2) is 33.0 Å². The van der Waals surface area contributed by atoms with Crippen LogP contribution in [0.1, 0.15) is 18.3 Å². The lowest BCUT2D eigenvalue weighted by Gasteiger charge is -2.10. The van der Waals surface area contributed by atoms with Crippen molar-refractivity contribution < 1.29 is 4.74 Å². The van der Waals surface area contributed by atoms with Crippen molar-refractivity contribution in [2.75, 3.05) is 18.5 Å². The average molecular weight is 297 g/mol. The summed E-state index contributed by atoms with van der Waals surface area (Å²) in [5.41, 5.74) is 1.95. The highest BCUT2D eigenvalue weighted by Crippen LogP contribution is 2.18. The summed E-state index contributed by atoms with van der Waals surface area (Å²) in [5.74, 6) is 2.54. The van der Waals surface area contributed by atoms with Gasteiger partial charge in [-0.3, -0.25) is 0 Å². The first kappa shape index (κ1) is 14.3. The summed E-state index contributed by atoms with van der Waals surface area (Å²) < 4.78 is 7.37. The summed E-state index contributed by atoms with van der Waals surface area (Å²) in [6.45, 7) is 5.34. The molecule has 1 aromatic carbocycles. The Balaban J connectivity index is 1.66. The predicted octanol–water partition coefficient (Wildman–Crippen LogP) is 2.49. The average Bonchev–Trinajstić information content (AvgIpc) is 2.90. The minimum absolute atomic E-state index is 0.676. The summed E-state index contributed by atoms with van der Waals surface area (Å²) >= 11 is 0. The first-order chi connectivity index (χ1) is 10.8. The van der Waals surface area contributed by atoms with Gasteiger partial charge in [0.2, 0.25) is 0 Å². The zero-order valence-electron chi connectivity index (χ0n) is 12.8. The van der Waals surface area contributed by atoms with E-state index in [0.717, 1.165) is 36.0 Å². The van der Waals surface area contributed by atoms with Gasteiger partial charge in [0.25, 0.3) is 0 Å². The second-order valence-corrected chi connectivity index (χ2v) is 4.95. The molecule has 0 saturated heterocycles. The Hall–Kier alpha value is -2.63. The molecule has 0 aliphatic rings. The molecule has 0 spiro atoms. The largest absolute Gasteiger partial charge is 0.494 e. The molecule has 0 unspecified atom stereocenters. The van der Waals surface area contributed by atoms with Crippen molar-refractivity contribution in [3.8, 4) is 5.75 Å². The highest BCUT2D eigenvalue weighted by Gasteiger charge is 2.05. The van der Waals surface area contributed by atoms with Gasteiger partial charge in [-0.1, -0.05) is 18.2 Å². The van der Waals surface area contributed by atoms with Crippen molar-refractivity contribution >= 4 is 11.5 Å². The van der Waals surface area contributed by atoms with Gasteiger partial charge in [0.1, 0.15) is 11.6 Å². The van der Waals surface area contributed by atoms with E-state index in [4.69, 9.17) is 4.74 Å². The molecule has 114 valence electrons. The topological polar surface area (TPSA) is 64.3 Å². The molecule has 3 rings (SSSR count). The Bertz CT molecular complexity index is 768. The second-order valence-electron chi connectivity index (χ2n) is 4.95. The van der Waals surface area contributed by atoms with Crippen molar-refractivity contribution in [2.24, 2.45) is 0 Å². The summed E-state index contributed by atoms with van der Waals surface area (Å²) in [5, 5.41) is 15.8. The Morgan fingerprint density at radius 1 is 1.14 bits per heavy atom. The molecule has 0 saturated carbocycles. The van der Waals surface area contributed by atoms with Crippen LogP contribution in [0, 0.1) is 6.92 Å². The zero-order valence-corrected chi connectivity index (χ0v) is 12.8. The molecule has 0 aliphatic carbocycles. The fraction of sp³-hybridized carbons (Fsp3) is 0.312. The summed E-state index contributed by atoms with van der Waals surface area (Å²) in [7, 11) is 0. The molecule has 3 aromatic rings. The minimum Gasteiger partial charge on any atom is -0.494 e. The van der Waals surface area contributed by atoms with E-state index in [9.17, 15) is 0 Å². The third kappa shape index (κ3) is 3.00. The fourth-order valence-corrected chi connectivity index (χ4v) is 2.32. The fourth-order valence-electron chi connectivity index (χ4n) is 2.32. The predicted molar refractivity (Wildman–Crippen MR) is 85.3 cm³/mol. The van der Waals surface area contributed by atoms with E-state index in [-0.39, 0.29) is 0 Å². The van der Waals surface area contributed by atoms with Gasteiger partial charge in [0.05, 0.1) is 6.61 Å². The maximum Gasteiger partial charge on any atom is 0.178 e. The van der Waals surface area contributed by atoms with Crippen LogP contribution in [0.4, 0.5) is 5.82 Å². The Morgan fingerprint density at radius 2 is 2.00 bits per heavy atom. The molecule has 0 aliphatic heterocycles. The van der Waals surface area contributed by atoms with Crippen molar-refractivity contribution in [1.82, 2.24) is 19.8 Å². The lowest BCUT2D eigenvalue weighted by atomic mass is 10.1. The second kappa shape index (κ2) is 6.43. The van der Waals surface area contributed by atoms with Gasteiger partial charge in [0.15, 0.2) is 11.5 Å². The molecule has 2 aromatic heterocycles. The van der Waals surface area contributed by atoms with Crippen LogP contribution in [0.5, 0.6) is 5.75 Å². The third-order valence-electron chi connectivity index (χ3n) is 3.39. The van der Waals surface area contributed by atoms with Gasteiger partial charge >= 0.3 is 0 Å². The van der Waals surface area contributed by atoms with Gasteiger partial charge in [-0.15, -0.1) is 15.3 Å². The van der Waals surface area contributed by atoms with Gasteiger partial charge in [-0.05, 0) is 44.0 Å². The Morgan fingerprint density at radius 3 is 2.86 bits per heavy atom. The van der Waals surface area contributed by atoms with Crippen LogP contribution < -0.4 is 10.1 Å². The maximum absolute atomic E-state index is 5.64. The lowest BCUT2D eigenvalue weighted by molar-refractivity contribution is 0.336. The number of anilines is 1. The molecule has 6 nitrogen and oxygen atoms in total. The number of aryl methyl sites for hydroxylation is 1. The molecule has 22 heavy (non-hydrogen) atoms. The Labute approximate surface area is 129 Å². The number of nitrogens with one attached hydrogen (secondary N) is 1. The summed E-state index contributed by atoms with van der Waals surface area (Å²) in [6, 6.07) is 11.9. The number of fused-ring (bicyclic) bond motifs is 1. The monoisotopic (exact) mass is 297 g/mol. The minimum atomic E-state index is 0.676. The van der Waals surface area contributed by atoms with Crippen LogP contribution in [0.3, 0.4) is 0 Å². The van der Waals surface area contributed by atoms with E-state index >= 15 is 0 Å². The molecule has 0 atom stereocenters.